The lowest BCUT2D eigenvalue weighted by Gasteiger charge is -2.73. The lowest BCUT2D eigenvalue weighted by Crippen LogP contribution is -2.66. The van der Waals surface area contributed by atoms with E-state index in [1.165, 1.54) is 109 Å². The molecule has 0 radical (unpaired) electrons. The minimum absolute atomic E-state index is 0.0396. The van der Waals surface area contributed by atoms with Crippen molar-refractivity contribution < 1.29 is 5.11 Å². The monoisotopic (exact) mass is 610 g/mol. The molecule has 4 nitrogen and oxygen atoms in total. The second-order valence-electron chi connectivity index (χ2n) is 19.0. The number of nitrogens with one attached hydrogen (secondary N) is 1. The molecule has 6 rings (SSSR count). The predicted octanol–water partition coefficient (Wildman–Crippen LogP) is 8.01. The van der Waals surface area contributed by atoms with Crippen molar-refractivity contribution in [3.05, 3.63) is 12.2 Å². The maximum atomic E-state index is 11.1. The summed E-state index contributed by atoms with van der Waals surface area (Å²) < 4.78 is 0. The van der Waals surface area contributed by atoms with E-state index in [0.29, 0.717) is 39.5 Å². The van der Waals surface area contributed by atoms with Gasteiger partial charge in [0.1, 0.15) is 0 Å². The molecule has 11 atom stereocenters. The molecule has 0 bridgehead atoms. The van der Waals surface area contributed by atoms with Crippen LogP contribution in [0.15, 0.2) is 12.2 Å². The first-order valence-electron chi connectivity index (χ1n) is 19.2. The zero-order valence-corrected chi connectivity index (χ0v) is 30.3. The van der Waals surface area contributed by atoms with Crippen molar-refractivity contribution in [3.8, 4) is 0 Å². The molecule has 6 fully saturated rings. The van der Waals surface area contributed by atoms with Crippen LogP contribution < -0.4 is 5.32 Å². The van der Waals surface area contributed by atoms with E-state index < -0.39 is 0 Å². The number of rotatable bonds is 8. The molecule has 0 spiro atoms. The highest BCUT2D eigenvalue weighted by atomic mass is 16.3. The smallest absolute Gasteiger partial charge is 0.0594 e. The lowest BCUT2D eigenvalue weighted by molar-refractivity contribution is -0.248. The van der Waals surface area contributed by atoms with Gasteiger partial charge >= 0.3 is 0 Å². The number of fused-ring (bicyclic) bond motifs is 7. The third-order valence-electron chi connectivity index (χ3n) is 16.7. The van der Waals surface area contributed by atoms with E-state index in [4.69, 9.17) is 0 Å². The fourth-order valence-electron chi connectivity index (χ4n) is 14.0. The molecule has 2 N–H and O–H groups in total. The molecule has 5 aliphatic carbocycles. The molecule has 0 aromatic heterocycles. The summed E-state index contributed by atoms with van der Waals surface area (Å²) in [7, 11) is 2.25. The molecule has 1 saturated heterocycles. The number of likely N-dealkylation sites (N-methyl/N-ethyl adjacent to an activating group) is 1. The fourth-order valence-corrected chi connectivity index (χ4v) is 14.0. The zero-order valence-electron chi connectivity index (χ0n) is 30.3. The zero-order chi connectivity index (χ0) is 31.7. The van der Waals surface area contributed by atoms with Gasteiger partial charge in [-0.05, 0) is 168 Å². The molecule has 5 saturated carbocycles. The summed E-state index contributed by atoms with van der Waals surface area (Å²) in [6, 6.07) is 0.593. The quantitative estimate of drug-likeness (QED) is 0.216. The summed E-state index contributed by atoms with van der Waals surface area (Å²) in [6.07, 6.45) is 15.9. The Hall–Kier alpha value is -0.420. The van der Waals surface area contributed by atoms with Crippen molar-refractivity contribution in [1.82, 2.24) is 15.1 Å². The number of aliphatic hydroxyl groups excluding tert-OH is 1. The van der Waals surface area contributed by atoms with E-state index in [-0.39, 0.29) is 11.5 Å². The number of allylic oxidation sites excluding steroid dienone is 1. The highest BCUT2D eigenvalue weighted by molar-refractivity contribution is 5.21. The van der Waals surface area contributed by atoms with Gasteiger partial charge in [-0.2, -0.15) is 0 Å². The van der Waals surface area contributed by atoms with Crippen LogP contribution in [0, 0.1) is 56.7 Å². The molecule has 0 amide bonds. The Labute approximate surface area is 272 Å². The molecule has 0 aromatic rings. The Morgan fingerprint density at radius 3 is 2.30 bits per heavy atom. The predicted molar refractivity (Wildman–Crippen MR) is 186 cm³/mol. The second kappa shape index (κ2) is 11.9. The first-order valence-corrected chi connectivity index (χ1v) is 19.2. The third kappa shape index (κ3) is 5.22. The Kier molecular flexibility index (Phi) is 9.07. The largest absolute Gasteiger partial charge is 0.393 e. The minimum atomic E-state index is -0.135. The first-order chi connectivity index (χ1) is 20.7. The standard InChI is InChI=1S/C40H71N3O/c1-28(2)30-13-18-40(27-29(3)41-21-10-22-43-25-23-42(9)24-26-43)20-19-38(7)31(35(30)40)11-12-33-37(6)16-15-34(44)36(4,5)32(37)14-17-39(33,38)8/h29-35,41,44H,1,10-27H2,2-9H3/t29?,30-,31+,32-,33+,34-,35+,37-,38+,39+,40+/m0/s1. The van der Waals surface area contributed by atoms with E-state index >= 15 is 0 Å². The highest BCUT2D eigenvalue weighted by Gasteiger charge is 2.70. The second-order valence-corrected chi connectivity index (χ2v) is 19.0. The number of hydrogen-bond donors (Lipinski definition) is 2. The maximum absolute atomic E-state index is 11.1. The molecular weight excluding hydrogens is 538 g/mol. The molecule has 1 unspecified atom stereocenters. The van der Waals surface area contributed by atoms with Crippen molar-refractivity contribution in [2.24, 2.45) is 56.7 Å². The molecule has 4 heteroatoms. The van der Waals surface area contributed by atoms with Crippen molar-refractivity contribution in [2.45, 2.75) is 138 Å². The van der Waals surface area contributed by atoms with Crippen LogP contribution in [0.25, 0.3) is 0 Å². The van der Waals surface area contributed by atoms with Crippen molar-refractivity contribution >= 4 is 0 Å². The average molecular weight is 610 g/mol. The highest BCUT2D eigenvalue weighted by Crippen LogP contribution is 2.77. The van der Waals surface area contributed by atoms with E-state index in [1.807, 2.05) is 0 Å². The summed E-state index contributed by atoms with van der Waals surface area (Å²) in [5, 5.41) is 15.1. The number of aliphatic hydroxyl groups is 1. The van der Waals surface area contributed by atoms with Crippen LogP contribution in [-0.4, -0.2) is 73.4 Å². The lowest BCUT2D eigenvalue weighted by atomic mass is 9.32. The summed E-state index contributed by atoms with van der Waals surface area (Å²) >= 11 is 0. The maximum Gasteiger partial charge on any atom is 0.0594 e. The van der Waals surface area contributed by atoms with Crippen LogP contribution in [-0.2, 0) is 0 Å². The number of piperazine rings is 1. The van der Waals surface area contributed by atoms with E-state index in [0.717, 1.165) is 30.7 Å². The van der Waals surface area contributed by atoms with Gasteiger partial charge in [0.2, 0.25) is 0 Å². The molecule has 1 aliphatic heterocycles. The normalized spacial score (nSPS) is 48.1. The number of nitrogens with zero attached hydrogens (tertiary/aromatic N) is 2. The Balaban J connectivity index is 1.18. The molecule has 44 heavy (non-hydrogen) atoms. The molecule has 252 valence electrons. The van der Waals surface area contributed by atoms with Gasteiger partial charge in [-0.25, -0.2) is 0 Å². The van der Waals surface area contributed by atoms with Gasteiger partial charge in [-0.15, -0.1) is 0 Å². The van der Waals surface area contributed by atoms with Crippen LogP contribution in [0.4, 0.5) is 0 Å². The van der Waals surface area contributed by atoms with E-state index in [9.17, 15) is 5.11 Å². The summed E-state index contributed by atoms with van der Waals surface area (Å²) in [5.74, 6) is 3.78. The first kappa shape index (κ1) is 33.5. The van der Waals surface area contributed by atoms with Gasteiger partial charge in [0.25, 0.3) is 0 Å². The van der Waals surface area contributed by atoms with Gasteiger partial charge in [0.05, 0.1) is 6.10 Å². The third-order valence-corrected chi connectivity index (χ3v) is 16.7. The Morgan fingerprint density at radius 1 is 0.864 bits per heavy atom. The molecule has 1 heterocycles. The van der Waals surface area contributed by atoms with Crippen molar-refractivity contribution in [2.75, 3.05) is 46.3 Å². The number of hydrogen-bond acceptors (Lipinski definition) is 4. The Morgan fingerprint density at radius 2 is 1.59 bits per heavy atom. The fraction of sp³-hybridized carbons (Fsp3) is 0.950. The van der Waals surface area contributed by atoms with Crippen LogP contribution in [0.1, 0.15) is 126 Å². The minimum Gasteiger partial charge on any atom is -0.393 e. The summed E-state index contributed by atoms with van der Waals surface area (Å²) in [5.41, 5.74) is 3.18. The van der Waals surface area contributed by atoms with Gasteiger partial charge < -0.3 is 20.2 Å². The Bertz CT molecular complexity index is 1050. The summed E-state index contributed by atoms with van der Waals surface area (Å²) in [4.78, 5) is 5.13. The topological polar surface area (TPSA) is 38.7 Å². The van der Waals surface area contributed by atoms with Gasteiger partial charge in [0, 0.05) is 32.2 Å². The van der Waals surface area contributed by atoms with Gasteiger partial charge in [0.15, 0.2) is 0 Å². The van der Waals surface area contributed by atoms with Crippen LogP contribution in [0.5, 0.6) is 0 Å². The molecule has 0 aromatic carbocycles. The van der Waals surface area contributed by atoms with E-state index in [1.54, 1.807) is 0 Å². The van der Waals surface area contributed by atoms with Crippen molar-refractivity contribution in [3.63, 3.8) is 0 Å². The molecular formula is C40H71N3O. The van der Waals surface area contributed by atoms with Crippen LogP contribution in [0.3, 0.4) is 0 Å². The van der Waals surface area contributed by atoms with Gasteiger partial charge in [-0.1, -0.05) is 46.8 Å². The molecule has 6 aliphatic rings. The average Bonchev–Trinajstić information content (AvgIpc) is 3.34. The van der Waals surface area contributed by atoms with Crippen LogP contribution >= 0.6 is 0 Å². The van der Waals surface area contributed by atoms with E-state index in [2.05, 4.69) is 77.2 Å². The SMILES string of the molecule is C=C(C)[C@@H]1CC[C@]2(CC(C)NCCCN3CCN(C)CC3)CC[C@]3(C)[C@H](CC[C@@H]4[C@@]5(C)CC[C@H](O)C(C)(C)[C@@H]5CC[C@]43C)[C@@H]12. The summed E-state index contributed by atoms with van der Waals surface area (Å²) in [6.45, 7) is 29.8. The van der Waals surface area contributed by atoms with Gasteiger partial charge in [-0.3, -0.25) is 0 Å². The van der Waals surface area contributed by atoms with Crippen molar-refractivity contribution in [1.29, 1.82) is 0 Å². The van der Waals surface area contributed by atoms with Crippen LogP contribution in [0.2, 0.25) is 0 Å².